The molecule has 3 atom stereocenters. The van der Waals surface area contributed by atoms with Crippen molar-refractivity contribution in [2.24, 2.45) is 17.6 Å². The predicted molar refractivity (Wildman–Crippen MR) is 56.0 cm³/mol. The van der Waals surface area contributed by atoms with Gasteiger partial charge in [0.25, 0.3) is 0 Å². The molecule has 0 aromatic carbocycles. The second-order valence-corrected chi connectivity index (χ2v) is 4.42. The Kier molecular flexibility index (Phi) is 5.05. The van der Waals surface area contributed by atoms with Gasteiger partial charge in [-0.1, -0.05) is 12.8 Å². The fraction of sp³-hybridized carbons (Fsp3) is 1.00. The molecule has 0 aromatic heterocycles. The van der Waals surface area contributed by atoms with Gasteiger partial charge in [-0.05, 0) is 25.7 Å². The molecule has 96 valence electrons. The first-order valence-corrected chi connectivity index (χ1v) is 5.86. The zero-order valence-electron chi connectivity index (χ0n) is 9.59. The fourth-order valence-corrected chi connectivity index (χ4v) is 2.46. The number of hydrogen-bond donors (Lipinski definition) is 1. The number of rotatable bonds is 4. The van der Waals surface area contributed by atoms with Crippen LogP contribution in [0.25, 0.3) is 0 Å². The molecule has 0 bridgehead atoms. The highest BCUT2D eigenvalue weighted by molar-refractivity contribution is 4.86. The van der Waals surface area contributed by atoms with Crippen molar-refractivity contribution in [2.45, 2.75) is 44.8 Å². The number of halogens is 3. The molecule has 16 heavy (non-hydrogen) atoms. The molecule has 0 aromatic rings. The van der Waals surface area contributed by atoms with Gasteiger partial charge in [0, 0.05) is 12.6 Å². The molecule has 0 spiro atoms. The molecule has 0 radical (unpaired) electrons. The van der Waals surface area contributed by atoms with E-state index >= 15 is 0 Å². The molecule has 1 rings (SSSR count). The van der Waals surface area contributed by atoms with Crippen molar-refractivity contribution in [2.75, 3.05) is 13.2 Å². The maximum atomic E-state index is 12.8. The van der Waals surface area contributed by atoms with Gasteiger partial charge >= 0.3 is 6.18 Å². The van der Waals surface area contributed by atoms with E-state index in [9.17, 15) is 13.2 Å². The molecule has 1 fully saturated rings. The van der Waals surface area contributed by atoms with Crippen molar-refractivity contribution < 1.29 is 17.9 Å². The van der Waals surface area contributed by atoms with E-state index in [1.165, 1.54) is 0 Å². The maximum absolute atomic E-state index is 12.8. The molecule has 0 saturated heterocycles. The maximum Gasteiger partial charge on any atom is 0.392 e. The number of ether oxygens (including phenoxy) is 1. The van der Waals surface area contributed by atoms with Gasteiger partial charge in [0.1, 0.15) is 0 Å². The normalized spacial score (nSPS) is 29.1. The molecular formula is C11H20F3NO. The highest BCUT2D eigenvalue weighted by atomic mass is 19.4. The van der Waals surface area contributed by atoms with Crippen LogP contribution >= 0.6 is 0 Å². The van der Waals surface area contributed by atoms with Crippen LogP contribution in [-0.2, 0) is 4.74 Å². The van der Waals surface area contributed by atoms with Crippen LogP contribution < -0.4 is 5.73 Å². The lowest BCUT2D eigenvalue weighted by atomic mass is 9.75. The summed E-state index contributed by atoms with van der Waals surface area (Å²) in [6.45, 7) is 2.54. The monoisotopic (exact) mass is 239 g/mol. The highest BCUT2D eigenvalue weighted by Crippen LogP contribution is 2.42. The second-order valence-electron chi connectivity index (χ2n) is 4.42. The third kappa shape index (κ3) is 3.63. The second kappa shape index (κ2) is 5.87. The van der Waals surface area contributed by atoms with Crippen molar-refractivity contribution in [3.8, 4) is 0 Å². The van der Waals surface area contributed by atoms with Crippen molar-refractivity contribution >= 4 is 0 Å². The van der Waals surface area contributed by atoms with Crippen molar-refractivity contribution in [3.05, 3.63) is 0 Å². The fourth-order valence-electron chi connectivity index (χ4n) is 2.46. The van der Waals surface area contributed by atoms with Crippen LogP contribution in [0.4, 0.5) is 13.2 Å². The van der Waals surface area contributed by atoms with E-state index in [1.54, 1.807) is 0 Å². The highest BCUT2D eigenvalue weighted by Gasteiger charge is 2.47. The first-order chi connectivity index (χ1) is 7.46. The van der Waals surface area contributed by atoms with E-state index < -0.39 is 24.1 Å². The summed E-state index contributed by atoms with van der Waals surface area (Å²) in [5.41, 5.74) is 5.80. The lowest BCUT2D eigenvalue weighted by Crippen LogP contribution is -2.45. The van der Waals surface area contributed by atoms with Crippen molar-refractivity contribution in [1.29, 1.82) is 0 Å². The molecule has 2 nitrogen and oxygen atoms in total. The summed E-state index contributed by atoms with van der Waals surface area (Å²) < 4.78 is 43.4. The molecule has 1 aliphatic carbocycles. The van der Waals surface area contributed by atoms with Gasteiger partial charge in [-0.25, -0.2) is 0 Å². The predicted octanol–water partition coefficient (Wildman–Crippen LogP) is 2.72. The van der Waals surface area contributed by atoms with Gasteiger partial charge in [0.05, 0.1) is 12.5 Å². The molecule has 0 aliphatic heterocycles. The molecule has 1 saturated carbocycles. The van der Waals surface area contributed by atoms with Gasteiger partial charge in [-0.3, -0.25) is 0 Å². The summed E-state index contributed by atoms with van der Waals surface area (Å²) in [4.78, 5) is 0. The topological polar surface area (TPSA) is 35.2 Å². The molecule has 0 amide bonds. The van der Waals surface area contributed by atoms with Gasteiger partial charge < -0.3 is 10.5 Å². The Bertz CT molecular complexity index is 208. The summed E-state index contributed by atoms with van der Waals surface area (Å²) in [6, 6.07) is -0.494. The van der Waals surface area contributed by atoms with Gasteiger partial charge in [0.2, 0.25) is 0 Å². The molecule has 1 aliphatic rings. The first kappa shape index (κ1) is 13.8. The van der Waals surface area contributed by atoms with E-state index in [1.807, 2.05) is 6.92 Å². The zero-order valence-corrected chi connectivity index (χ0v) is 9.59. The van der Waals surface area contributed by atoms with Crippen LogP contribution in [0.15, 0.2) is 0 Å². The minimum Gasteiger partial charge on any atom is -0.380 e. The van der Waals surface area contributed by atoms with Gasteiger partial charge in [-0.15, -0.1) is 0 Å². The minimum absolute atomic E-state index is 0.216. The average molecular weight is 239 g/mol. The number of alkyl halides is 3. The minimum atomic E-state index is -4.12. The van der Waals surface area contributed by atoms with Crippen LogP contribution in [0.2, 0.25) is 0 Å². The largest absolute Gasteiger partial charge is 0.392 e. The Labute approximate surface area is 94.3 Å². The van der Waals surface area contributed by atoms with E-state index in [-0.39, 0.29) is 13.0 Å². The Morgan fingerprint density at radius 1 is 1.31 bits per heavy atom. The van der Waals surface area contributed by atoms with E-state index in [4.69, 9.17) is 10.5 Å². The summed E-state index contributed by atoms with van der Waals surface area (Å²) in [7, 11) is 0. The van der Waals surface area contributed by atoms with E-state index in [0.717, 1.165) is 6.42 Å². The summed E-state index contributed by atoms with van der Waals surface area (Å²) in [5, 5.41) is 0. The molecular weight excluding hydrogens is 219 g/mol. The standard InChI is InChI=1S/C11H20F3NO/c1-2-16-7-10(15)8-5-3-4-6-9(8)11(12,13)14/h8-10H,2-7,15H2,1H3. The van der Waals surface area contributed by atoms with Crippen LogP contribution in [-0.4, -0.2) is 25.4 Å². The van der Waals surface area contributed by atoms with Crippen molar-refractivity contribution in [1.82, 2.24) is 0 Å². The smallest absolute Gasteiger partial charge is 0.380 e. The average Bonchev–Trinajstić information content (AvgIpc) is 2.24. The molecule has 0 heterocycles. The third-order valence-electron chi connectivity index (χ3n) is 3.30. The molecule has 2 N–H and O–H groups in total. The van der Waals surface area contributed by atoms with Crippen LogP contribution in [0, 0.1) is 11.8 Å². The third-order valence-corrected chi connectivity index (χ3v) is 3.30. The lowest BCUT2D eigenvalue weighted by Gasteiger charge is -2.36. The van der Waals surface area contributed by atoms with Crippen LogP contribution in [0.5, 0.6) is 0 Å². The van der Waals surface area contributed by atoms with Crippen LogP contribution in [0.3, 0.4) is 0 Å². The van der Waals surface area contributed by atoms with Gasteiger partial charge in [-0.2, -0.15) is 13.2 Å². The Balaban J connectivity index is 2.59. The zero-order chi connectivity index (χ0) is 12.2. The quantitative estimate of drug-likeness (QED) is 0.818. The number of nitrogens with two attached hydrogens (primary N) is 1. The Hall–Kier alpha value is -0.290. The first-order valence-electron chi connectivity index (χ1n) is 5.86. The lowest BCUT2D eigenvalue weighted by molar-refractivity contribution is -0.199. The molecule has 3 unspecified atom stereocenters. The van der Waals surface area contributed by atoms with Crippen LogP contribution in [0.1, 0.15) is 32.6 Å². The molecule has 5 heteroatoms. The Morgan fingerprint density at radius 2 is 1.94 bits per heavy atom. The van der Waals surface area contributed by atoms with Crippen molar-refractivity contribution in [3.63, 3.8) is 0 Å². The summed E-state index contributed by atoms with van der Waals surface area (Å²) in [5.74, 6) is -1.71. The SMILES string of the molecule is CCOCC(N)C1CCCCC1C(F)(F)F. The summed E-state index contributed by atoms with van der Waals surface area (Å²) in [6.07, 6.45) is -1.83. The van der Waals surface area contributed by atoms with E-state index in [2.05, 4.69) is 0 Å². The number of hydrogen-bond acceptors (Lipinski definition) is 2. The van der Waals surface area contributed by atoms with E-state index in [0.29, 0.717) is 19.4 Å². The Morgan fingerprint density at radius 3 is 2.50 bits per heavy atom. The summed E-state index contributed by atoms with van der Waals surface area (Å²) >= 11 is 0. The van der Waals surface area contributed by atoms with Gasteiger partial charge in [0.15, 0.2) is 0 Å².